The molecule has 6 nitrogen and oxygen atoms in total. The van der Waals surface area contributed by atoms with Crippen LogP contribution in [0.5, 0.6) is 0 Å². The van der Waals surface area contributed by atoms with Crippen molar-refractivity contribution in [1.29, 1.82) is 0 Å². The Balaban J connectivity index is 1.63. The van der Waals surface area contributed by atoms with Crippen molar-refractivity contribution >= 4 is 32.3 Å². The molecule has 3 aromatic rings. The summed E-state index contributed by atoms with van der Waals surface area (Å²) < 4.78 is 14.1. The zero-order chi connectivity index (χ0) is 23.6. The first-order valence-corrected chi connectivity index (χ1v) is 14.3. The average molecular weight is 481 g/mol. The Morgan fingerprint density at radius 3 is 2.67 bits per heavy atom. The average Bonchev–Trinajstić information content (AvgIpc) is 2.77. The maximum atomic E-state index is 6.41. The molecule has 0 spiro atoms. The van der Waals surface area contributed by atoms with Gasteiger partial charge in [0, 0.05) is 41.6 Å². The van der Waals surface area contributed by atoms with Gasteiger partial charge in [-0.1, -0.05) is 38.6 Å². The lowest BCUT2D eigenvalue weighted by atomic mass is 9.85. The third kappa shape index (κ3) is 5.46. The molecule has 8 heteroatoms. The van der Waals surface area contributed by atoms with Crippen molar-refractivity contribution in [2.45, 2.75) is 56.4 Å². The van der Waals surface area contributed by atoms with E-state index >= 15 is 0 Å². The Kier molecular flexibility index (Phi) is 7.18. The van der Waals surface area contributed by atoms with Crippen molar-refractivity contribution in [2.75, 3.05) is 18.7 Å². The van der Waals surface area contributed by atoms with Crippen LogP contribution in [0.2, 0.25) is 13.1 Å². The maximum absolute atomic E-state index is 6.41. The van der Waals surface area contributed by atoms with Gasteiger partial charge in [-0.15, -0.1) is 0 Å². The highest BCUT2D eigenvalue weighted by Gasteiger charge is 2.30. The van der Waals surface area contributed by atoms with Gasteiger partial charge in [0.05, 0.1) is 11.8 Å². The summed E-state index contributed by atoms with van der Waals surface area (Å²) in [5, 5.41) is 0.901. The molecule has 1 aromatic carbocycles. The van der Waals surface area contributed by atoms with Gasteiger partial charge in [-0.2, -0.15) is 0 Å². The van der Waals surface area contributed by atoms with Crippen LogP contribution in [0.3, 0.4) is 0 Å². The van der Waals surface area contributed by atoms with Gasteiger partial charge in [0.15, 0.2) is 24.8 Å². The van der Waals surface area contributed by atoms with E-state index in [0.29, 0.717) is 6.73 Å². The van der Waals surface area contributed by atoms with Gasteiger partial charge in [-0.25, -0.2) is 14.5 Å². The normalized spacial score (nSPS) is 14.2. The lowest BCUT2D eigenvalue weighted by molar-refractivity contribution is -0.689. The molecule has 0 saturated heterocycles. The van der Waals surface area contributed by atoms with E-state index in [2.05, 4.69) is 96.0 Å². The van der Waals surface area contributed by atoms with Crippen molar-refractivity contribution in [3.8, 4) is 0 Å². The van der Waals surface area contributed by atoms with E-state index in [4.69, 9.17) is 9.16 Å². The highest BCUT2D eigenvalue weighted by Crippen LogP contribution is 2.46. The first-order valence-electron chi connectivity index (χ1n) is 11.1. The minimum Gasteiger partial charge on any atom is -0.410 e. The molecular formula is C25H32N4O2SSi+. The second kappa shape index (κ2) is 9.93. The smallest absolute Gasteiger partial charge is 0.205 e. The van der Waals surface area contributed by atoms with E-state index in [1.807, 2.05) is 0 Å². The number of hydrogen-bond donors (Lipinski definition) is 0. The Bertz CT molecular complexity index is 1120. The number of anilines is 2. The van der Waals surface area contributed by atoms with Crippen molar-refractivity contribution in [1.82, 2.24) is 9.97 Å². The summed E-state index contributed by atoms with van der Waals surface area (Å²) in [6, 6.07) is 10.9. The van der Waals surface area contributed by atoms with Gasteiger partial charge in [-0.3, -0.25) is 4.90 Å². The molecule has 0 N–H and O–H groups in total. The lowest BCUT2D eigenvalue weighted by Crippen LogP contribution is -2.36. The fraction of sp³-hybridized carbons (Fsp3) is 0.400. The van der Waals surface area contributed by atoms with Gasteiger partial charge in [-0.05, 0) is 36.7 Å². The zero-order valence-electron chi connectivity index (χ0n) is 20.2. The van der Waals surface area contributed by atoms with Crippen LogP contribution in [0.4, 0.5) is 11.5 Å². The maximum Gasteiger partial charge on any atom is 0.205 e. The molecule has 1 aliphatic rings. The molecule has 0 saturated carbocycles. The summed E-state index contributed by atoms with van der Waals surface area (Å²) in [7, 11) is 0.885. The number of hydrogen-bond acceptors (Lipinski definition) is 6. The Labute approximate surface area is 202 Å². The molecule has 3 heterocycles. The molecule has 0 bridgehead atoms. The number of nitrogens with zero attached hydrogens (tertiary/aromatic N) is 4. The number of rotatable bonds is 7. The molecule has 0 amide bonds. The van der Waals surface area contributed by atoms with E-state index in [1.165, 1.54) is 11.1 Å². The summed E-state index contributed by atoms with van der Waals surface area (Å²) in [4.78, 5) is 12.3. The van der Waals surface area contributed by atoms with Crippen molar-refractivity contribution in [3.05, 3.63) is 66.2 Å². The summed E-state index contributed by atoms with van der Waals surface area (Å²) in [6.07, 6.45) is 7.87. The molecule has 2 aromatic heterocycles. The van der Waals surface area contributed by atoms with Crippen LogP contribution in [0, 0.1) is 5.41 Å². The predicted octanol–water partition coefficient (Wildman–Crippen LogP) is 5.37. The largest absolute Gasteiger partial charge is 0.410 e. The van der Waals surface area contributed by atoms with Gasteiger partial charge in [0.1, 0.15) is 11.8 Å². The van der Waals surface area contributed by atoms with Crippen LogP contribution in [-0.2, 0) is 15.7 Å². The number of benzene rings is 1. The first kappa shape index (κ1) is 23.9. The summed E-state index contributed by atoms with van der Waals surface area (Å²) >= 11 is 1.65. The standard InChI is InChI=1S/C25H32N4O2SSi/c1-25(2,3)22(31-33(5)6)19-8-7-13-28(16-19)15-18-9-10-21-20(14-18)29(17-30-4)23-24(32-21)27-12-11-26-23/h7-14,16,22H,15,17H2,1-6H3/q+1. The molecular weight excluding hydrogens is 448 g/mol. The second-order valence-electron chi connectivity index (χ2n) is 9.52. The number of aromatic nitrogens is 3. The van der Waals surface area contributed by atoms with E-state index in [0.717, 1.165) is 28.0 Å². The van der Waals surface area contributed by atoms with Crippen molar-refractivity contribution in [3.63, 3.8) is 0 Å². The molecule has 0 aliphatic carbocycles. The minimum atomic E-state index is -0.819. The first-order chi connectivity index (χ1) is 15.8. The van der Waals surface area contributed by atoms with Crippen LogP contribution in [-0.4, -0.2) is 32.8 Å². The number of pyridine rings is 1. The minimum absolute atomic E-state index is 0.0270. The van der Waals surface area contributed by atoms with E-state index in [-0.39, 0.29) is 11.5 Å². The summed E-state index contributed by atoms with van der Waals surface area (Å²) in [6.45, 7) is 12.3. The highest BCUT2D eigenvalue weighted by molar-refractivity contribution is 7.99. The third-order valence-electron chi connectivity index (χ3n) is 5.37. The Morgan fingerprint density at radius 2 is 1.94 bits per heavy atom. The van der Waals surface area contributed by atoms with Crippen molar-refractivity contribution < 1.29 is 13.7 Å². The molecule has 4 rings (SSSR count). The number of fused-ring (bicyclic) bond motifs is 2. The SMILES string of the molecule is COCN1c2cc(C[n+]3cccc(C(O[Si](C)C)C(C)(C)C)c3)ccc2Sc2nccnc21. The highest BCUT2D eigenvalue weighted by atomic mass is 32.2. The van der Waals surface area contributed by atoms with Gasteiger partial charge in [0.25, 0.3) is 0 Å². The fourth-order valence-corrected chi connectivity index (χ4v) is 5.95. The topological polar surface area (TPSA) is 51.4 Å². The molecule has 1 atom stereocenters. The Hall–Kier alpha value is -2.26. The number of methoxy groups -OCH3 is 1. The van der Waals surface area contributed by atoms with Crippen molar-refractivity contribution in [2.24, 2.45) is 5.41 Å². The van der Waals surface area contributed by atoms with E-state index in [9.17, 15) is 0 Å². The summed E-state index contributed by atoms with van der Waals surface area (Å²) in [5.41, 5.74) is 3.56. The van der Waals surface area contributed by atoms with Crippen LogP contribution in [0.1, 0.15) is 38.0 Å². The molecule has 1 radical (unpaired) electrons. The predicted molar refractivity (Wildman–Crippen MR) is 133 cm³/mol. The van der Waals surface area contributed by atoms with Crippen LogP contribution in [0.15, 0.2) is 65.0 Å². The van der Waals surface area contributed by atoms with Crippen LogP contribution < -0.4 is 9.47 Å². The molecule has 173 valence electrons. The molecule has 0 fully saturated rings. The van der Waals surface area contributed by atoms with Gasteiger partial charge in [0.2, 0.25) is 9.04 Å². The molecule has 1 aliphatic heterocycles. The van der Waals surface area contributed by atoms with Crippen LogP contribution >= 0.6 is 11.8 Å². The monoisotopic (exact) mass is 480 g/mol. The van der Waals surface area contributed by atoms with Gasteiger partial charge >= 0.3 is 0 Å². The molecule has 1 unspecified atom stereocenters. The number of ether oxygens (including phenoxy) is 1. The second-order valence-corrected chi connectivity index (χ2v) is 12.6. The Morgan fingerprint density at radius 1 is 1.15 bits per heavy atom. The quantitative estimate of drug-likeness (QED) is 0.335. The van der Waals surface area contributed by atoms with Crippen LogP contribution in [0.25, 0.3) is 0 Å². The van der Waals surface area contributed by atoms with E-state index < -0.39 is 9.04 Å². The third-order valence-corrected chi connectivity index (χ3v) is 7.12. The fourth-order valence-electron chi connectivity index (χ4n) is 4.00. The summed E-state index contributed by atoms with van der Waals surface area (Å²) in [5.74, 6) is 0.838. The van der Waals surface area contributed by atoms with Gasteiger partial charge < -0.3 is 9.16 Å². The lowest BCUT2D eigenvalue weighted by Gasteiger charge is -2.32. The van der Waals surface area contributed by atoms with E-state index in [1.54, 1.807) is 31.3 Å². The zero-order valence-corrected chi connectivity index (χ0v) is 22.0. The molecule has 33 heavy (non-hydrogen) atoms.